The SMILES string of the molecule is COC(=O)C(C1CC1)N(C)CC1(O)CCOCC1. The summed E-state index contributed by atoms with van der Waals surface area (Å²) in [6, 6.07) is -0.207. The van der Waals surface area contributed by atoms with Gasteiger partial charge in [0, 0.05) is 32.6 Å². The maximum Gasteiger partial charge on any atom is 0.323 e. The second-order valence-electron chi connectivity index (χ2n) is 5.56. The topological polar surface area (TPSA) is 59.0 Å². The predicted molar refractivity (Wildman–Crippen MR) is 66.2 cm³/mol. The maximum atomic E-state index is 11.8. The van der Waals surface area contributed by atoms with Crippen LogP contribution in [0.15, 0.2) is 0 Å². The Balaban J connectivity index is 1.95. The standard InChI is InChI=1S/C13H23NO4/c1-14(9-13(16)5-7-18-8-6-13)11(10-3-4-10)12(15)17-2/h10-11,16H,3-9H2,1-2H3. The molecule has 1 saturated heterocycles. The van der Waals surface area contributed by atoms with E-state index in [2.05, 4.69) is 0 Å². The van der Waals surface area contributed by atoms with Crippen LogP contribution in [0.1, 0.15) is 25.7 Å². The molecule has 2 aliphatic rings. The summed E-state index contributed by atoms with van der Waals surface area (Å²) in [7, 11) is 3.32. The number of rotatable bonds is 5. The van der Waals surface area contributed by atoms with Crippen molar-refractivity contribution in [3.8, 4) is 0 Å². The molecule has 1 aliphatic carbocycles. The number of esters is 1. The molecule has 1 atom stereocenters. The number of aliphatic hydroxyl groups is 1. The van der Waals surface area contributed by atoms with Crippen LogP contribution < -0.4 is 0 Å². The molecular formula is C13H23NO4. The monoisotopic (exact) mass is 257 g/mol. The molecule has 2 fully saturated rings. The Morgan fingerprint density at radius 1 is 1.50 bits per heavy atom. The van der Waals surface area contributed by atoms with Crippen molar-refractivity contribution in [1.82, 2.24) is 4.90 Å². The number of carbonyl (C=O) groups is 1. The minimum absolute atomic E-state index is 0.185. The molecule has 5 heteroatoms. The summed E-state index contributed by atoms with van der Waals surface area (Å²) in [5, 5.41) is 10.5. The number of ether oxygens (including phenoxy) is 2. The summed E-state index contributed by atoms with van der Waals surface area (Å²) in [5.41, 5.74) is -0.728. The summed E-state index contributed by atoms with van der Waals surface area (Å²) in [5.74, 6) is 0.210. The third kappa shape index (κ3) is 3.22. The number of carbonyl (C=O) groups excluding carboxylic acids is 1. The van der Waals surface area contributed by atoms with Gasteiger partial charge < -0.3 is 14.6 Å². The highest BCUT2D eigenvalue weighted by Gasteiger charge is 2.42. The van der Waals surface area contributed by atoms with Gasteiger partial charge in [-0.05, 0) is 25.8 Å². The van der Waals surface area contributed by atoms with E-state index < -0.39 is 5.60 Å². The smallest absolute Gasteiger partial charge is 0.323 e. The van der Waals surface area contributed by atoms with Gasteiger partial charge in [0.2, 0.25) is 0 Å². The van der Waals surface area contributed by atoms with Crippen molar-refractivity contribution in [2.45, 2.75) is 37.3 Å². The first-order valence-electron chi connectivity index (χ1n) is 6.64. The molecule has 0 aromatic carbocycles. The van der Waals surface area contributed by atoms with Crippen LogP contribution in [0.5, 0.6) is 0 Å². The van der Waals surface area contributed by atoms with Gasteiger partial charge >= 0.3 is 5.97 Å². The van der Waals surface area contributed by atoms with Crippen molar-refractivity contribution in [2.75, 3.05) is 33.9 Å². The molecule has 2 rings (SSSR count). The van der Waals surface area contributed by atoms with Crippen LogP contribution in [0.25, 0.3) is 0 Å². The molecule has 18 heavy (non-hydrogen) atoms. The molecule has 5 nitrogen and oxygen atoms in total. The normalized spacial score (nSPS) is 24.9. The van der Waals surface area contributed by atoms with Crippen molar-refractivity contribution >= 4 is 5.97 Å². The third-order valence-corrected chi connectivity index (χ3v) is 3.95. The van der Waals surface area contributed by atoms with E-state index in [1.807, 2.05) is 11.9 Å². The second-order valence-corrected chi connectivity index (χ2v) is 5.56. The van der Waals surface area contributed by atoms with Crippen molar-refractivity contribution < 1.29 is 19.4 Å². The first-order chi connectivity index (χ1) is 8.56. The molecule has 0 radical (unpaired) electrons. The highest BCUT2D eigenvalue weighted by Crippen LogP contribution is 2.36. The fourth-order valence-corrected chi connectivity index (χ4v) is 2.74. The summed E-state index contributed by atoms with van der Waals surface area (Å²) in [6.45, 7) is 1.69. The average molecular weight is 257 g/mol. The molecule has 1 heterocycles. The van der Waals surface area contributed by atoms with Gasteiger partial charge in [-0.1, -0.05) is 0 Å². The zero-order chi connectivity index (χ0) is 13.2. The van der Waals surface area contributed by atoms with Crippen LogP contribution >= 0.6 is 0 Å². The van der Waals surface area contributed by atoms with Crippen LogP contribution in [-0.2, 0) is 14.3 Å². The quantitative estimate of drug-likeness (QED) is 0.723. The molecule has 1 N–H and O–H groups in total. The second kappa shape index (κ2) is 5.55. The summed E-state index contributed by atoms with van der Waals surface area (Å²) < 4.78 is 10.1. The highest BCUT2D eigenvalue weighted by atomic mass is 16.5. The lowest BCUT2D eigenvalue weighted by Crippen LogP contribution is -2.51. The van der Waals surface area contributed by atoms with E-state index in [4.69, 9.17) is 9.47 Å². The lowest BCUT2D eigenvalue weighted by atomic mass is 9.93. The minimum atomic E-state index is -0.728. The number of hydrogen-bond donors (Lipinski definition) is 1. The number of methoxy groups -OCH3 is 1. The molecular weight excluding hydrogens is 234 g/mol. The van der Waals surface area contributed by atoms with E-state index >= 15 is 0 Å². The van der Waals surface area contributed by atoms with Crippen molar-refractivity contribution in [3.05, 3.63) is 0 Å². The molecule has 104 valence electrons. The minimum Gasteiger partial charge on any atom is -0.468 e. The number of nitrogens with zero attached hydrogens (tertiary/aromatic N) is 1. The number of likely N-dealkylation sites (N-methyl/N-ethyl adjacent to an activating group) is 1. The fourth-order valence-electron chi connectivity index (χ4n) is 2.74. The van der Waals surface area contributed by atoms with Gasteiger partial charge in [-0.3, -0.25) is 9.69 Å². The molecule has 0 spiro atoms. The molecule has 1 saturated carbocycles. The van der Waals surface area contributed by atoms with Crippen LogP contribution in [-0.4, -0.2) is 61.5 Å². The van der Waals surface area contributed by atoms with Gasteiger partial charge in [0.1, 0.15) is 6.04 Å². The van der Waals surface area contributed by atoms with Crippen molar-refractivity contribution in [1.29, 1.82) is 0 Å². The summed E-state index contributed by atoms with van der Waals surface area (Å²) >= 11 is 0. The highest BCUT2D eigenvalue weighted by molar-refractivity contribution is 5.76. The molecule has 0 aromatic heterocycles. The third-order valence-electron chi connectivity index (χ3n) is 3.95. The van der Waals surface area contributed by atoms with Crippen molar-refractivity contribution in [2.24, 2.45) is 5.92 Å². The van der Waals surface area contributed by atoms with Gasteiger partial charge in [-0.15, -0.1) is 0 Å². The van der Waals surface area contributed by atoms with Gasteiger partial charge in [-0.25, -0.2) is 0 Å². The molecule has 1 unspecified atom stereocenters. The Hall–Kier alpha value is -0.650. The predicted octanol–water partition coefficient (Wildman–Crippen LogP) is 0.411. The first-order valence-corrected chi connectivity index (χ1v) is 6.64. The lowest BCUT2D eigenvalue weighted by molar-refractivity contribution is -0.149. The van der Waals surface area contributed by atoms with E-state index in [9.17, 15) is 9.90 Å². The van der Waals surface area contributed by atoms with Gasteiger partial charge in [0.25, 0.3) is 0 Å². The molecule has 0 bridgehead atoms. The Bertz CT molecular complexity index is 297. The van der Waals surface area contributed by atoms with Crippen LogP contribution in [0.4, 0.5) is 0 Å². The van der Waals surface area contributed by atoms with Crippen LogP contribution in [0, 0.1) is 5.92 Å². The number of hydrogen-bond acceptors (Lipinski definition) is 5. The van der Waals surface area contributed by atoms with E-state index in [0.717, 1.165) is 12.8 Å². The molecule has 0 aromatic rings. The lowest BCUT2D eigenvalue weighted by Gasteiger charge is -2.37. The van der Waals surface area contributed by atoms with E-state index in [0.29, 0.717) is 38.5 Å². The van der Waals surface area contributed by atoms with Gasteiger partial charge in [0.15, 0.2) is 0 Å². The first kappa shape index (κ1) is 13.8. The average Bonchev–Trinajstić information content (AvgIpc) is 3.13. The van der Waals surface area contributed by atoms with Gasteiger partial charge in [0.05, 0.1) is 12.7 Å². The zero-order valence-corrected chi connectivity index (χ0v) is 11.2. The van der Waals surface area contributed by atoms with E-state index in [1.165, 1.54) is 7.11 Å². The Morgan fingerprint density at radius 2 is 2.11 bits per heavy atom. The van der Waals surface area contributed by atoms with E-state index in [1.54, 1.807) is 0 Å². The largest absolute Gasteiger partial charge is 0.468 e. The summed E-state index contributed by atoms with van der Waals surface area (Å²) in [4.78, 5) is 13.8. The summed E-state index contributed by atoms with van der Waals surface area (Å²) in [6.07, 6.45) is 3.42. The van der Waals surface area contributed by atoms with Gasteiger partial charge in [-0.2, -0.15) is 0 Å². The fraction of sp³-hybridized carbons (Fsp3) is 0.923. The zero-order valence-electron chi connectivity index (χ0n) is 11.2. The Morgan fingerprint density at radius 3 is 2.61 bits per heavy atom. The Kier molecular flexibility index (Phi) is 4.25. The van der Waals surface area contributed by atoms with Crippen molar-refractivity contribution in [3.63, 3.8) is 0 Å². The van der Waals surface area contributed by atoms with Crippen LogP contribution in [0.3, 0.4) is 0 Å². The van der Waals surface area contributed by atoms with E-state index in [-0.39, 0.29) is 12.0 Å². The van der Waals surface area contributed by atoms with Crippen LogP contribution in [0.2, 0.25) is 0 Å². The Labute approximate surface area is 108 Å². The molecule has 1 aliphatic heterocycles. The maximum absolute atomic E-state index is 11.8. The molecule has 0 amide bonds.